The van der Waals surface area contributed by atoms with Crippen molar-refractivity contribution in [3.63, 3.8) is 0 Å². The molecule has 0 saturated heterocycles. The smallest absolute Gasteiger partial charge is 0.176 e. The average Bonchev–Trinajstić information content (AvgIpc) is 2.76. The first kappa shape index (κ1) is 12.2. The van der Waals surface area contributed by atoms with Crippen molar-refractivity contribution in [1.29, 1.82) is 5.41 Å². The van der Waals surface area contributed by atoms with Gasteiger partial charge in [-0.3, -0.25) is 5.41 Å². The molecule has 0 radical (unpaired) electrons. The summed E-state index contributed by atoms with van der Waals surface area (Å²) in [4.78, 5) is 4.43. The molecule has 5 nitrogen and oxygen atoms in total. The number of aromatic nitrogens is 2. The minimum absolute atomic E-state index is 0.0108. The second-order valence-electron chi connectivity index (χ2n) is 4.73. The van der Waals surface area contributed by atoms with Gasteiger partial charge in [-0.15, -0.1) is 0 Å². The van der Waals surface area contributed by atoms with Crippen molar-refractivity contribution >= 4 is 16.9 Å². The van der Waals surface area contributed by atoms with Gasteiger partial charge in [0.25, 0.3) is 0 Å². The third-order valence-corrected chi connectivity index (χ3v) is 3.22. The number of nitrogen functional groups attached to an aromatic ring is 1. The molecule has 0 atom stereocenters. The van der Waals surface area contributed by atoms with Crippen molar-refractivity contribution < 1.29 is 5.21 Å². The van der Waals surface area contributed by atoms with Crippen LogP contribution in [-0.4, -0.2) is 20.8 Å². The summed E-state index contributed by atoms with van der Waals surface area (Å²) in [6.45, 7) is 1.96. The zero-order valence-corrected chi connectivity index (χ0v) is 11.0. The molecular weight excluding hydrogens is 252 g/mol. The standard InChI is InChI=1S/C15H14N4O/c1-9-5-6-12-13(7-9)19(20)15(18-12)11-4-2-3-10(8-11)14(16)17/h2-8,20H,1H3,(H3,16,17). The van der Waals surface area contributed by atoms with Crippen LogP contribution in [0.4, 0.5) is 0 Å². The van der Waals surface area contributed by atoms with Crippen molar-refractivity contribution in [2.45, 2.75) is 6.92 Å². The monoisotopic (exact) mass is 266 g/mol. The number of nitrogens with zero attached hydrogens (tertiary/aromatic N) is 2. The maximum Gasteiger partial charge on any atom is 0.176 e. The molecule has 3 rings (SSSR count). The third-order valence-electron chi connectivity index (χ3n) is 3.22. The number of benzene rings is 2. The van der Waals surface area contributed by atoms with Crippen LogP contribution in [-0.2, 0) is 0 Å². The first-order valence-electron chi connectivity index (χ1n) is 6.19. The van der Waals surface area contributed by atoms with Crippen molar-refractivity contribution in [3.05, 3.63) is 53.6 Å². The minimum Gasteiger partial charge on any atom is -0.426 e. The van der Waals surface area contributed by atoms with Crippen LogP contribution in [0.1, 0.15) is 11.1 Å². The van der Waals surface area contributed by atoms with Gasteiger partial charge in [-0.25, -0.2) is 4.98 Å². The van der Waals surface area contributed by atoms with E-state index in [9.17, 15) is 5.21 Å². The number of nitrogens with two attached hydrogens (primary N) is 1. The van der Waals surface area contributed by atoms with Gasteiger partial charge in [-0.2, -0.15) is 4.73 Å². The SMILES string of the molecule is Cc1ccc2nc(-c3cccc(C(=N)N)c3)n(O)c2c1. The molecule has 1 heterocycles. The molecule has 4 N–H and O–H groups in total. The molecule has 0 saturated carbocycles. The van der Waals surface area contributed by atoms with E-state index in [0.717, 1.165) is 15.8 Å². The normalized spacial score (nSPS) is 10.8. The first-order valence-corrected chi connectivity index (χ1v) is 6.19. The lowest BCUT2D eigenvalue weighted by Crippen LogP contribution is -2.10. The highest BCUT2D eigenvalue weighted by molar-refractivity contribution is 5.96. The molecule has 0 aliphatic heterocycles. The van der Waals surface area contributed by atoms with Gasteiger partial charge in [0.15, 0.2) is 5.82 Å². The summed E-state index contributed by atoms with van der Waals surface area (Å²) in [6, 6.07) is 12.8. The Balaban J connectivity index is 2.22. The number of rotatable bonds is 2. The molecule has 0 aliphatic rings. The summed E-state index contributed by atoms with van der Waals surface area (Å²) in [5.74, 6) is 0.428. The van der Waals surface area contributed by atoms with E-state index in [4.69, 9.17) is 11.1 Å². The zero-order chi connectivity index (χ0) is 14.3. The number of imidazole rings is 1. The van der Waals surface area contributed by atoms with E-state index in [-0.39, 0.29) is 5.84 Å². The molecule has 3 aromatic rings. The summed E-state index contributed by atoms with van der Waals surface area (Å²) in [5, 5.41) is 17.7. The van der Waals surface area contributed by atoms with E-state index in [1.54, 1.807) is 18.2 Å². The van der Waals surface area contributed by atoms with E-state index in [1.807, 2.05) is 31.2 Å². The number of aryl methyl sites for hydroxylation is 1. The molecule has 0 amide bonds. The molecule has 5 heteroatoms. The second-order valence-corrected chi connectivity index (χ2v) is 4.73. The Morgan fingerprint density at radius 1 is 1.25 bits per heavy atom. The fraction of sp³-hybridized carbons (Fsp3) is 0.0667. The van der Waals surface area contributed by atoms with Crippen LogP contribution >= 0.6 is 0 Å². The summed E-state index contributed by atoms with van der Waals surface area (Å²) in [7, 11) is 0. The van der Waals surface area contributed by atoms with Gasteiger partial charge in [0.2, 0.25) is 0 Å². The number of amidine groups is 1. The highest BCUT2D eigenvalue weighted by Gasteiger charge is 2.12. The summed E-state index contributed by atoms with van der Waals surface area (Å²) < 4.78 is 1.07. The lowest BCUT2D eigenvalue weighted by molar-refractivity contribution is 0.203. The lowest BCUT2D eigenvalue weighted by atomic mass is 10.1. The highest BCUT2D eigenvalue weighted by atomic mass is 16.5. The Labute approximate surface area is 115 Å². The summed E-state index contributed by atoms with van der Waals surface area (Å²) in [5.41, 5.74) is 9.24. The molecule has 0 fully saturated rings. The summed E-state index contributed by atoms with van der Waals surface area (Å²) in [6.07, 6.45) is 0. The Morgan fingerprint density at radius 2 is 2.05 bits per heavy atom. The number of nitrogens with one attached hydrogen (secondary N) is 1. The van der Waals surface area contributed by atoms with E-state index < -0.39 is 0 Å². The molecular formula is C15H14N4O. The van der Waals surface area contributed by atoms with Gasteiger partial charge in [-0.1, -0.05) is 24.3 Å². The Morgan fingerprint density at radius 3 is 2.80 bits per heavy atom. The number of fused-ring (bicyclic) bond motifs is 1. The fourth-order valence-electron chi connectivity index (χ4n) is 2.19. The maximum atomic E-state index is 10.3. The van der Waals surface area contributed by atoms with Crippen LogP contribution in [0.5, 0.6) is 0 Å². The predicted octanol–water partition coefficient (Wildman–Crippen LogP) is 2.53. The predicted molar refractivity (Wildman–Crippen MR) is 78.1 cm³/mol. The Hall–Kier alpha value is -2.82. The van der Waals surface area contributed by atoms with Crippen molar-refractivity contribution in [1.82, 2.24) is 9.71 Å². The zero-order valence-electron chi connectivity index (χ0n) is 11.0. The van der Waals surface area contributed by atoms with Crippen molar-refractivity contribution in [3.8, 4) is 11.4 Å². The van der Waals surface area contributed by atoms with Crippen molar-refractivity contribution in [2.75, 3.05) is 0 Å². The number of hydrogen-bond acceptors (Lipinski definition) is 3. The van der Waals surface area contributed by atoms with Crippen LogP contribution in [0.15, 0.2) is 42.5 Å². The van der Waals surface area contributed by atoms with Gasteiger partial charge in [0, 0.05) is 11.1 Å². The molecule has 0 spiro atoms. The average molecular weight is 266 g/mol. The quantitative estimate of drug-likeness (QED) is 0.378. The molecule has 0 bridgehead atoms. The molecule has 0 unspecified atom stereocenters. The Kier molecular flexibility index (Phi) is 2.68. The van der Waals surface area contributed by atoms with Gasteiger partial charge in [-0.05, 0) is 30.7 Å². The van der Waals surface area contributed by atoms with Gasteiger partial charge < -0.3 is 10.9 Å². The lowest BCUT2D eigenvalue weighted by Gasteiger charge is -2.03. The van der Waals surface area contributed by atoms with E-state index in [2.05, 4.69) is 4.98 Å². The highest BCUT2D eigenvalue weighted by Crippen LogP contribution is 2.24. The van der Waals surface area contributed by atoms with E-state index in [0.29, 0.717) is 22.5 Å². The molecule has 100 valence electrons. The fourth-order valence-corrected chi connectivity index (χ4v) is 2.19. The maximum absolute atomic E-state index is 10.3. The largest absolute Gasteiger partial charge is 0.426 e. The number of hydrogen-bond donors (Lipinski definition) is 3. The van der Waals surface area contributed by atoms with E-state index in [1.165, 1.54) is 0 Å². The Bertz CT molecular complexity index is 820. The van der Waals surface area contributed by atoms with Gasteiger partial charge >= 0.3 is 0 Å². The molecule has 0 aliphatic carbocycles. The molecule has 2 aromatic carbocycles. The third kappa shape index (κ3) is 1.89. The van der Waals surface area contributed by atoms with E-state index >= 15 is 0 Å². The first-order chi connectivity index (χ1) is 9.56. The topological polar surface area (TPSA) is 87.9 Å². The van der Waals surface area contributed by atoms with Crippen molar-refractivity contribution in [2.24, 2.45) is 5.73 Å². The van der Waals surface area contributed by atoms with Crippen LogP contribution in [0.3, 0.4) is 0 Å². The van der Waals surface area contributed by atoms with Gasteiger partial charge in [0.1, 0.15) is 11.4 Å². The van der Waals surface area contributed by atoms with Crippen LogP contribution in [0.2, 0.25) is 0 Å². The van der Waals surface area contributed by atoms with Crippen LogP contribution in [0.25, 0.3) is 22.4 Å². The molecule has 20 heavy (non-hydrogen) atoms. The minimum atomic E-state index is -0.0108. The van der Waals surface area contributed by atoms with Crippen LogP contribution in [0, 0.1) is 12.3 Å². The second kappa shape index (κ2) is 4.38. The molecule has 1 aromatic heterocycles. The summed E-state index contributed by atoms with van der Waals surface area (Å²) >= 11 is 0. The van der Waals surface area contributed by atoms with Crippen LogP contribution < -0.4 is 5.73 Å². The van der Waals surface area contributed by atoms with Gasteiger partial charge in [0.05, 0.1) is 5.52 Å².